The number of aliphatic hydroxyl groups is 1. The average molecular weight is 541 g/mol. The molecule has 0 aliphatic carbocycles. The highest BCUT2D eigenvalue weighted by molar-refractivity contribution is 6.00. The SMILES string of the molecule is OC(Cc1ccccc1)Nc1cncc(-c2ccc3[nH]nc(-c4cc5c(-c6ccc(F)cc6)ccnc5[nH]4)c3c2)c1. The van der Waals surface area contributed by atoms with Crippen molar-refractivity contribution >= 4 is 27.6 Å². The van der Waals surface area contributed by atoms with Crippen molar-refractivity contribution in [1.82, 2.24) is 25.1 Å². The number of nitrogens with zero attached hydrogens (tertiary/aromatic N) is 3. The number of halogens is 1. The van der Waals surface area contributed by atoms with Gasteiger partial charge in [-0.1, -0.05) is 48.5 Å². The van der Waals surface area contributed by atoms with E-state index in [0.717, 1.165) is 66.8 Å². The van der Waals surface area contributed by atoms with Crippen LogP contribution in [-0.2, 0) is 6.42 Å². The summed E-state index contributed by atoms with van der Waals surface area (Å²) in [5.41, 5.74) is 8.74. The van der Waals surface area contributed by atoms with Crippen LogP contribution < -0.4 is 5.32 Å². The number of aromatic amines is 2. The number of aliphatic hydroxyl groups excluding tert-OH is 1. The predicted molar refractivity (Wildman–Crippen MR) is 160 cm³/mol. The molecule has 4 aromatic heterocycles. The lowest BCUT2D eigenvalue weighted by atomic mass is 10.0. The number of H-pyrrole nitrogens is 2. The topological polar surface area (TPSA) is 103 Å². The number of aromatic nitrogens is 5. The van der Waals surface area contributed by atoms with Gasteiger partial charge in [-0.3, -0.25) is 10.1 Å². The molecule has 0 saturated carbocycles. The summed E-state index contributed by atoms with van der Waals surface area (Å²) >= 11 is 0. The molecular formula is C33H25FN6O. The minimum atomic E-state index is -0.743. The molecule has 0 spiro atoms. The second-order valence-electron chi connectivity index (χ2n) is 9.96. The lowest BCUT2D eigenvalue weighted by Gasteiger charge is -2.15. The molecule has 4 N–H and O–H groups in total. The maximum Gasteiger partial charge on any atom is 0.138 e. The van der Waals surface area contributed by atoms with Crippen LogP contribution in [0.1, 0.15) is 5.56 Å². The van der Waals surface area contributed by atoms with Crippen molar-refractivity contribution in [3.05, 3.63) is 121 Å². The average Bonchev–Trinajstić information content (AvgIpc) is 3.62. The summed E-state index contributed by atoms with van der Waals surface area (Å²) in [6, 6.07) is 28.3. The number of anilines is 1. The van der Waals surface area contributed by atoms with E-state index in [1.54, 1.807) is 30.7 Å². The number of benzene rings is 3. The zero-order valence-corrected chi connectivity index (χ0v) is 21.8. The molecule has 7 rings (SSSR count). The molecule has 7 aromatic rings. The lowest BCUT2D eigenvalue weighted by molar-refractivity contribution is 0.204. The lowest BCUT2D eigenvalue weighted by Crippen LogP contribution is -2.21. The molecule has 1 atom stereocenters. The standard InChI is InChI=1S/C33H25FN6O/c34-24-9-6-21(7-10-24)26-12-13-36-33-27(26)17-30(38-33)32-28-16-22(8-11-29(28)39-40-32)23-15-25(19-35-18-23)37-31(41)14-20-4-2-1-3-5-20/h1-13,15-19,31,37,41H,14H2,(H,36,38)(H,39,40). The summed E-state index contributed by atoms with van der Waals surface area (Å²) in [4.78, 5) is 12.3. The Balaban J connectivity index is 1.20. The Morgan fingerprint density at radius 3 is 2.51 bits per heavy atom. The first-order valence-corrected chi connectivity index (χ1v) is 13.3. The molecule has 41 heavy (non-hydrogen) atoms. The van der Waals surface area contributed by atoms with Crippen molar-refractivity contribution < 1.29 is 9.50 Å². The van der Waals surface area contributed by atoms with E-state index >= 15 is 0 Å². The van der Waals surface area contributed by atoms with Gasteiger partial charge in [-0.15, -0.1) is 0 Å². The zero-order valence-electron chi connectivity index (χ0n) is 21.8. The molecule has 0 amide bonds. The number of rotatable bonds is 7. The summed E-state index contributed by atoms with van der Waals surface area (Å²) in [6.45, 7) is 0. The fraction of sp³-hybridized carbons (Fsp3) is 0.0606. The Kier molecular flexibility index (Phi) is 6.22. The van der Waals surface area contributed by atoms with Gasteiger partial charge in [-0.25, -0.2) is 9.37 Å². The molecule has 7 nitrogen and oxygen atoms in total. The zero-order chi connectivity index (χ0) is 27.8. The van der Waals surface area contributed by atoms with E-state index in [2.05, 4.69) is 36.5 Å². The van der Waals surface area contributed by atoms with Gasteiger partial charge in [0.15, 0.2) is 0 Å². The predicted octanol–water partition coefficient (Wildman–Crippen LogP) is 6.95. The molecule has 0 aliphatic rings. The van der Waals surface area contributed by atoms with E-state index in [1.165, 1.54) is 12.1 Å². The van der Waals surface area contributed by atoms with Crippen molar-refractivity contribution in [2.24, 2.45) is 0 Å². The van der Waals surface area contributed by atoms with Crippen LogP contribution in [0.25, 0.3) is 55.6 Å². The van der Waals surface area contributed by atoms with E-state index in [9.17, 15) is 9.50 Å². The first-order chi connectivity index (χ1) is 20.1. The fourth-order valence-corrected chi connectivity index (χ4v) is 5.19. The van der Waals surface area contributed by atoms with Crippen molar-refractivity contribution in [2.75, 3.05) is 5.32 Å². The van der Waals surface area contributed by atoms with Gasteiger partial charge in [0.05, 0.1) is 23.1 Å². The van der Waals surface area contributed by atoms with E-state index in [4.69, 9.17) is 0 Å². The molecule has 1 unspecified atom stereocenters. The third-order valence-corrected chi connectivity index (χ3v) is 7.18. The van der Waals surface area contributed by atoms with Crippen molar-refractivity contribution in [3.8, 4) is 33.6 Å². The van der Waals surface area contributed by atoms with Crippen LogP contribution >= 0.6 is 0 Å². The van der Waals surface area contributed by atoms with E-state index in [1.807, 2.05) is 60.7 Å². The summed E-state index contributed by atoms with van der Waals surface area (Å²) in [5.74, 6) is -0.271. The van der Waals surface area contributed by atoms with Gasteiger partial charge in [-0.05, 0) is 64.7 Å². The smallest absolute Gasteiger partial charge is 0.138 e. The summed E-state index contributed by atoms with van der Waals surface area (Å²) in [6.07, 6.45) is 4.99. The Hall–Kier alpha value is -5.34. The number of hydrogen-bond acceptors (Lipinski definition) is 5. The molecule has 0 saturated heterocycles. The van der Waals surface area contributed by atoms with E-state index < -0.39 is 6.23 Å². The number of pyridine rings is 2. The maximum atomic E-state index is 13.5. The van der Waals surface area contributed by atoms with Gasteiger partial charge >= 0.3 is 0 Å². The summed E-state index contributed by atoms with van der Waals surface area (Å²) < 4.78 is 13.5. The van der Waals surface area contributed by atoms with Gasteiger partial charge in [0.1, 0.15) is 23.4 Å². The molecular weight excluding hydrogens is 515 g/mol. The van der Waals surface area contributed by atoms with Crippen molar-refractivity contribution in [1.29, 1.82) is 0 Å². The van der Waals surface area contributed by atoms with Gasteiger partial charge in [0, 0.05) is 35.2 Å². The first kappa shape index (κ1) is 24.7. The van der Waals surface area contributed by atoms with Gasteiger partial charge < -0.3 is 15.4 Å². The molecule has 4 heterocycles. The Morgan fingerprint density at radius 2 is 1.66 bits per heavy atom. The highest BCUT2D eigenvalue weighted by Crippen LogP contribution is 2.35. The second kappa shape index (κ2) is 10.3. The highest BCUT2D eigenvalue weighted by Gasteiger charge is 2.15. The van der Waals surface area contributed by atoms with Crippen molar-refractivity contribution in [2.45, 2.75) is 12.6 Å². The molecule has 200 valence electrons. The van der Waals surface area contributed by atoms with E-state index in [-0.39, 0.29) is 5.82 Å². The third kappa shape index (κ3) is 4.92. The normalized spacial score (nSPS) is 12.1. The number of fused-ring (bicyclic) bond motifs is 2. The van der Waals surface area contributed by atoms with Crippen LogP contribution in [0.5, 0.6) is 0 Å². The van der Waals surface area contributed by atoms with Gasteiger partial charge in [0.2, 0.25) is 0 Å². The van der Waals surface area contributed by atoms with Crippen LogP contribution in [-0.4, -0.2) is 36.5 Å². The molecule has 3 aromatic carbocycles. The monoisotopic (exact) mass is 540 g/mol. The Morgan fingerprint density at radius 1 is 0.829 bits per heavy atom. The molecule has 8 heteroatoms. The van der Waals surface area contributed by atoms with Gasteiger partial charge in [-0.2, -0.15) is 5.10 Å². The minimum Gasteiger partial charge on any atom is -0.373 e. The fourth-order valence-electron chi connectivity index (χ4n) is 5.19. The second-order valence-corrected chi connectivity index (χ2v) is 9.96. The van der Waals surface area contributed by atoms with Crippen LogP contribution in [0.15, 0.2) is 110 Å². The first-order valence-electron chi connectivity index (χ1n) is 13.3. The Labute approximate surface area is 234 Å². The number of hydrogen-bond donors (Lipinski definition) is 4. The van der Waals surface area contributed by atoms with E-state index in [0.29, 0.717) is 6.42 Å². The number of nitrogens with one attached hydrogen (secondary N) is 3. The Bertz CT molecular complexity index is 1980. The van der Waals surface area contributed by atoms with Crippen LogP contribution in [0.3, 0.4) is 0 Å². The minimum absolute atomic E-state index is 0.271. The summed E-state index contributed by atoms with van der Waals surface area (Å²) in [5, 5.41) is 23.3. The van der Waals surface area contributed by atoms with Crippen LogP contribution in [0.2, 0.25) is 0 Å². The summed E-state index contributed by atoms with van der Waals surface area (Å²) in [7, 11) is 0. The maximum absolute atomic E-state index is 13.5. The largest absolute Gasteiger partial charge is 0.373 e. The van der Waals surface area contributed by atoms with Crippen LogP contribution in [0, 0.1) is 5.82 Å². The van der Waals surface area contributed by atoms with Gasteiger partial charge in [0.25, 0.3) is 0 Å². The molecule has 0 aliphatic heterocycles. The highest BCUT2D eigenvalue weighted by atomic mass is 19.1. The quantitative estimate of drug-likeness (QED) is 0.164. The molecule has 0 bridgehead atoms. The van der Waals surface area contributed by atoms with Crippen LogP contribution in [0.4, 0.5) is 10.1 Å². The molecule has 0 radical (unpaired) electrons. The third-order valence-electron chi connectivity index (χ3n) is 7.18. The molecule has 0 fully saturated rings. The van der Waals surface area contributed by atoms with Crippen molar-refractivity contribution in [3.63, 3.8) is 0 Å².